The number of aliphatic carboxylic acids is 1. The van der Waals surface area contributed by atoms with Crippen LogP contribution < -0.4 is 0 Å². The third kappa shape index (κ3) is 5.21. The predicted octanol–water partition coefficient (Wildman–Crippen LogP) is 5.95. The molecule has 2 aliphatic carbocycles. The molecule has 4 nitrogen and oxygen atoms in total. The Hall–Kier alpha value is -1.94. The van der Waals surface area contributed by atoms with Gasteiger partial charge in [-0.25, -0.2) is 0 Å². The summed E-state index contributed by atoms with van der Waals surface area (Å²) < 4.78 is 0. The van der Waals surface area contributed by atoms with Crippen molar-refractivity contribution in [3.63, 3.8) is 0 Å². The summed E-state index contributed by atoms with van der Waals surface area (Å²) in [5, 5.41) is 19.7. The number of rotatable bonds is 11. The zero-order valence-corrected chi connectivity index (χ0v) is 18.2. The van der Waals surface area contributed by atoms with Crippen LogP contribution in [0.2, 0.25) is 0 Å². The number of benzene rings is 1. The van der Waals surface area contributed by atoms with Gasteiger partial charge < -0.3 is 10.2 Å². The number of carbonyl (C=O) groups is 2. The molecule has 0 heterocycles. The highest BCUT2D eigenvalue weighted by Crippen LogP contribution is 2.53. The molecule has 0 amide bonds. The quantitative estimate of drug-likeness (QED) is 0.348. The molecule has 4 heteroatoms. The Morgan fingerprint density at radius 1 is 1.23 bits per heavy atom. The summed E-state index contributed by atoms with van der Waals surface area (Å²) in [5.74, 6) is -0.188. The van der Waals surface area contributed by atoms with Gasteiger partial charge in [0.25, 0.3) is 0 Å². The number of aliphatic hydroxyl groups excluding tert-OH is 1. The number of aliphatic hydroxyl groups is 1. The van der Waals surface area contributed by atoms with Crippen LogP contribution in [0.3, 0.4) is 0 Å². The topological polar surface area (TPSA) is 74.6 Å². The lowest BCUT2D eigenvalue weighted by Gasteiger charge is -2.46. The van der Waals surface area contributed by atoms with Crippen molar-refractivity contribution < 1.29 is 19.8 Å². The number of hydrogen-bond donors (Lipinski definition) is 2. The molecular formula is C26H36O4. The van der Waals surface area contributed by atoms with E-state index in [0.717, 1.165) is 50.5 Å². The van der Waals surface area contributed by atoms with Crippen molar-refractivity contribution in [1.29, 1.82) is 0 Å². The number of unbranched alkanes of at least 4 members (excludes halogenated alkanes) is 1. The average molecular weight is 413 g/mol. The van der Waals surface area contributed by atoms with Crippen LogP contribution in [0, 0.1) is 11.3 Å². The number of allylic oxidation sites excluding steroid dienone is 2. The van der Waals surface area contributed by atoms with Crippen molar-refractivity contribution in [3.8, 4) is 0 Å². The fraction of sp³-hybridized carbons (Fsp3) is 0.615. The third-order valence-electron chi connectivity index (χ3n) is 7.28. The van der Waals surface area contributed by atoms with Gasteiger partial charge in [-0.3, -0.25) is 9.59 Å². The Kier molecular flexibility index (Phi) is 7.87. The van der Waals surface area contributed by atoms with Gasteiger partial charge in [-0.1, -0.05) is 56.2 Å². The number of hydrogen-bond acceptors (Lipinski definition) is 3. The Balaban J connectivity index is 1.61. The van der Waals surface area contributed by atoms with Crippen molar-refractivity contribution in [1.82, 2.24) is 0 Å². The first-order valence-corrected chi connectivity index (χ1v) is 11.6. The fourth-order valence-corrected chi connectivity index (χ4v) is 5.40. The van der Waals surface area contributed by atoms with E-state index in [1.807, 2.05) is 12.2 Å². The standard InChI is InChI=1S/C26H36O4/c1-2-16-26(17-7-18-26)25(30)20-12-10-19(11-13-20)21-14-15-23(27)22(21)8-5-3-4-6-9-24(28)29/h3,5,10-13,21-22,25,30H,2,4,6-9,14-18H2,1H3,(H,28,29)/t21-,22-,25?/m1/s1. The number of carboxylic acids is 1. The summed E-state index contributed by atoms with van der Waals surface area (Å²) in [7, 11) is 0. The maximum Gasteiger partial charge on any atom is 0.303 e. The SMILES string of the molecule is CCCC1(C(O)c2ccc([C@H]3CCC(=O)[C@@H]3CC=CCCCC(=O)O)cc2)CCC1. The van der Waals surface area contributed by atoms with Gasteiger partial charge in [-0.2, -0.15) is 0 Å². The van der Waals surface area contributed by atoms with E-state index in [4.69, 9.17) is 5.11 Å². The van der Waals surface area contributed by atoms with E-state index in [2.05, 4.69) is 31.2 Å². The van der Waals surface area contributed by atoms with Gasteiger partial charge in [-0.05, 0) is 62.0 Å². The highest BCUT2D eigenvalue weighted by atomic mass is 16.4. The van der Waals surface area contributed by atoms with E-state index in [0.29, 0.717) is 18.6 Å². The van der Waals surface area contributed by atoms with Crippen LogP contribution in [-0.4, -0.2) is 22.0 Å². The molecule has 2 fully saturated rings. The first-order chi connectivity index (χ1) is 14.5. The largest absolute Gasteiger partial charge is 0.481 e. The summed E-state index contributed by atoms with van der Waals surface area (Å²) in [6.45, 7) is 2.19. The second kappa shape index (κ2) is 10.4. The van der Waals surface area contributed by atoms with Gasteiger partial charge in [0.1, 0.15) is 5.78 Å². The van der Waals surface area contributed by atoms with Crippen molar-refractivity contribution in [2.75, 3.05) is 0 Å². The van der Waals surface area contributed by atoms with E-state index in [-0.39, 0.29) is 23.7 Å². The molecule has 1 unspecified atom stereocenters. The van der Waals surface area contributed by atoms with E-state index >= 15 is 0 Å². The lowest BCUT2D eigenvalue weighted by atomic mass is 9.61. The van der Waals surface area contributed by atoms with Gasteiger partial charge in [0, 0.05) is 24.2 Å². The lowest BCUT2D eigenvalue weighted by Crippen LogP contribution is -2.36. The summed E-state index contributed by atoms with van der Waals surface area (Å²) in [4.78, 5) is 23.0. The van der Waals surface area contributed by atoms with Gasteiger partial charge in [0.15, 0.2) is 0 Å². The Bertz CT molecular complexity index is 745. The molecular weight excluding hydrogens is 376 g/mol. The highest BCUT2D eigenvalue weighted by Gasteiger charge is 2.43. The van der Waals surface area contributed by atoms with Crippen LogP contribution in [0.4, 0.5) is 0 Å². The Morgan fingerprint density at radius 3 is 2.57 bits per heavy atom. The molecule has 0 aromatic heterocycles. The number of carboxylic acid groups (broad SMARTS) is 1. The molecule has 1 aromatic carbocycles. The summed E-state index contributed by atoms with van der Waals surface area (Å²) in [6, 6.07) is 8.36. The summed E-state index contributed by atoms with van der Waals surface area (Å²) in [6.07, 6.45) is 13.1. The van der Waals surface area contributed by atoms with Crippen LogP contribution in [0.5, 0.6) is 0 Å². The van der Waals surface area contributed by atoms with Crippen molar-refractivity contribution in [2.24, 2.45) is 11.3 Å². The maximum absolute atomic E-state index is 12.4. The Labute approximate surface area is 180 Å². The van der Waals surface area contributed by atoms with Crippen LogP contribution in [0.1, 0.15) is 101 Å². The minimum atomic E-state index is -0.763. The van der Waals surface area contributed by atoms with E-state index < -0.39 is 12.1 Å². The minimum absolute atomic E-state index is 0.00885. The fourth-order valence-electron chi connectivity index (χ4n) is 5.40. The molecule has 164 valence electrons. The molecule has 2 N–H and O–H groups in total. The zero-order valence-electron chi connectivity index (χ0n) is 18.2. The van der Waals surface area contributed by atoms with E-state index in [9.17, 15) is 14.7 Å². The van der Waals surface area contributed by atoms with Crippen LogP contribution in [0.25, 0.3) is 0 Å². The normalized spacial score (nSPS) is 24.1. The molecule has 0 aliphatic heterocycles. The first kappa shape index (κ1) is 22.7. The van der Waals surface area contributed by atoms with E-state index in [1.54, 1.807) is 0 Å². The molecule has 3 atom stereocenters. The number of ketones is 1. The predicted molar refractivity (Wildman–Crippen MR) is 118 cm³/mol. The third-order valence-corrected chi connectivity index (χ3v) is 7.28. The molecule has 0 bridgehead atoms. The van der Waals surface area contributed by atoms with E-state index in [1.165, 1.54) is 12.0 Å². The van der Waals surface area contributed by atoms with Crippen molar-refractivity contribution in [3.05, 3.63) is 47.5 Å². The molecule has 3 rings (SSSR count). The van der Waals surface area contributed by atoms with Gasteiger partial charge in [0.2, 0.25) is 0 Å². The van der Waals surface area contributed by atoms with Crippen molar-refractivity contribution in [2.45, 2.75) is 89.6 Å². The van der Waals surface area contributed by atoms with Gasteiger partial charge >= 0.3 is 5.97 Å². The number of Topliss-reactive ketones (excluding diaryl/α,β-unsaturated/α-hetero) is 1. The van der Waals surface area contributed by atoms with Crippen LogP contribution >= 0.6 is 0 Å². The van der Waals surface area contributed by atoms with Crippen LogP contribution in [0.15, 0.2) is 36.4 Å². The lowest BCUT2D eigenvalue weighted by molar-refractivity contribution is -0.137. The maximum atomic E-state index is 12.4. The molecule has 0 saturated heterocycles. The average Bonchev–Trinajstić information content (AvgIpc) is 3.07. The van der Waals surface area contributed by atoms with Gasteiger partial charge in [-0.15, -0.1) is 0 Å². The smallest absolute Gasteiger partial charge is 0.303 e. The second-order valence-corrected chi connectivity index (χ2v) is 9.25. The van der Waals surface area contributed by atoms with Crippen LogP contribution in [-0.2, 0) is 9.59 Å². The monoisotopic (exact) mass is 412 g/mol. The number of carbonyl (C=O) groups excluding carboxylic acids is 1. The summed E-state index contributed by atoms with van der Waals surface area (Å²) >= 11 is 0. The molecule has 2 aliphatic rings. The Morgan fingerprint density at radius 2 is 1.97 bits per heavy atom. The molecule has 0 spiro atoms. The molecule has 1 aromatic rings. The molecule has 0 radical (unpaired) electrons. The highest BCUT2D eigenvalue weighted by molar-refractivity contribution is 5.84. The summed E-state index contributed by atoms with van der Waals surface area (Å²) in [5.41, 5.74) is 2.26. The minimum Gasteiger partial charge on any atom is -0.481 e. The first-order valence-electron chi connectivity index (χ1n) is 11.6. The molecule has 2 saturated carbocycles. The van der Waals surface area contributed by atoms with Gasteiger partial charge in [0.05, 0.1) is 6.10 Å². The zero-order chi connectivity index (χ0) is 21.6. The second-order valence-electron chi connectivity index (χ2n) is 9.25. The molecule has 30 heavy (non-hydrogen) atoms. The van der Waals surface area contributed by atoms with Crippen molar-refractivity contribution >= 4 is 11.8 Å².